The van der Waals surface area contributed by atoms with Crippen LogP contribution >= 0.6 is 10.7 Å². The molecular formula is C16H24ClNO7S2. The summed E-state index contributed by atoms with van der Waals surface area (Å²) in [5.41, 5.74) is 1.92. The molecule has 2 rings (SSSR count). The average Bonchev–Trinajstić information content (AvgIpc) is 2.50. The van der Waals surface area contributed by atoms with Gasteiger partial charge in [0, 0.05) is 28.9 Å². The van der Waals surface area contributed by atoms with E-state index in [9.17, 15) is 21.6 Å². The molecule has 1 aromatic rings. The van der Waals surface area contributed by atoms with Crippen LogP contribution < -0.4 is 10.1 Å². The molecule has 154 valence electrons. The van der Waals surface area contributed by atoms with E-state index in [0.717, 1.165) is 30.2 Å². The highest BCUT2D eigenvalue weighted by molar-refractivity contribution is 8.13. The first-order valence-corrected chi connectivity index (χ1v) is 12.7. The third-order valence-corrected chi connectivity index (χ3v) is 3.99. The van der Waals surface area contributed by atoms with E-state index in [1.165, 1.54) is 0 Å². The van der Waals surface area contributed by atoms with Crippen molar-refractivity contribution in [1.29, 1.82) is 0 Å². The highest BCUT2D eigenvalue weighted by Gasteiger charge is 2.15. The van der Waals surface area contributed by atoms with Crippen LogP contribution in [0.2, 0.25) is 0 Å². The molecule has 0 fully saturated rings. The van der Waals surface area contributed by atoms with Gasteiger partial charge in [0.05, 0.1) is 25.7 Å². The summed E-state index contributed by atoms with van der Waals surface area (Å²) in [6.07, 6.45) is 3.91. The van der Waals surface area contributed by atoms with Crippen molar-refractivity contribution in [3.63, 3.8) is 0 Å². The van der Waals surface area contributed by atoms with Crippen LogP contribution in [0.3, 0.4) is 0 Å². The molecule has 0 aliphatic carbocycles. The number of aryl methyl sites for hydroxylation is 1. The number of carbonyl (C=O) groups is 1. The van der Waals surface area contributed by atoms with Crippen LogP contribution in [0.25, 0.3) is 0 Å². The molecule has 8 nitrogen and oxygen atoms in total. The minimum Gasteiger partial charge on any atom is -0.494 e. The molecule has 1 amide bonds. The molecule has 0 bridgehead atoms. The van der Waals surface area contributed by atoms with Gasteiger partial charge >= 0.3 is 0 Å². The molecule has 0 saturated carbocycles. The molecule has 0 saturated heterocycles. The molecule has 1 aromatic carbocycles. The van der Waals surface area contributed by atoms with E-state index in [-0.39, 0.29) is 18.4 Å². The summed E-state index contributed by atoms with van der Waals surface area (Å²) in [4.78, 5) is 11.4. The number of nitrogens with one attached hydrogen (secondary N) is 1. The van der Waals surface area contributed by atoms with Gasteiger partial charge in [-0.05, 0) is 30.4 Å². The second-order valence-corrected chi connectivity index (χ2v) is 11.0. The Bertz CT molecular complexity index is 846. The Morgan fingerprint density at radius 2 is 1.81 bits per heavy atom. The van der Waals surface area contributed by atoms with Crippen molar-refractivity contribution in [2.45, 2.75) is 26.2 Å². The van der Waals surface area contributed by atoms with Gasteiger partial charge in [0.15, 0.2) is 0 Å². The highest BCUT2D eigenvalue weighted by Crippen LogP contribution is 2.27. The number of benzene rings is 1. The van der Waals surface area contributed by atoms with Crippen LogP contribution in [0.5, 0.6) is 5.75 Å². The zero-order valence-electron chi connectivity index (χ0n) is 15.4. The Balaban J connectivity index is 0.000000646. The molecule has 1 atom stereocenters. The molecule has 0 spiro atoms. The molecule has 0 radical (unpaired) electrons. The van der Waals surface area contributed by atoms with Crippen LogP contribution in [-0.4, -0.2) is 48.5 Å². The number of hydrogen-bond acceptors (Lipinski definition) is 7. The molecular weight excluding hydrogens is 418 g/mol. The topological polar surface area (TPSA) is 116 Å². The smallest absolute Gasteiger partial charge is 0.264 e. The van der Waals surface area contributed by atoms with Crippen molar-refractivity contribution in [3.8, 4) is 5.75 Å². The van der Waals surface area contributed by atoms with E-state index in [2.05, 4.69) is 16.0 Å². The number of halogens is 1. The lowest BCUT2D eigenvalue weighted by Crippen LogP contribution is -2.19. The van der Waals surface area contributed by atoms with Crippen molar-refractivity contribution < 1.29 is 30.6 Å². The molecule has 1 aliphatic heterocycles. The standard InChI is InChI=1S/C15H21NO5S.CH3ClO2S/c1-11(10-21-22(2,18)19)7-8-20-13-5-3-12-4-6-15(17)16-14(12)9-13;1-5(2,3)4/h3,5,9,11H,4,6-8,10H2,1-2H3,(H,16,17);1H3. The molecule has 0 aromatic heterocycles. The Morgan fingerprint density at radius 3 is 2.41 bits per heavy atom. The van der Waals surface area contributed by atoms with E-state index in [4.69, 9.17) is 8.92 Å². The van der Waals surface area contributed by atoms with Gasteiger partial charge in [-0.2, -0.15) is 8.42 Å². The number of fused-ring (bicyclic) bond motifs is 1. The Morgan fingerprint density at radius 1 is 1.19 bits per heavy atom. The van der Waals surface area contributed by atoms with Gasteiger partial charge in [-0.3, -0.25) is 8.98 Å². The van der Waals surface area contributed by atoms with E-state index in [1.54, 1.807) is 0 Å². The van der Waals surface area contributed by atoms with Crippen molar-refractivity contribution in [2.75, 3.05) is 31.0 Å². The minimum atomic E-state index is -3.39. The van der Waals surface area contributed by atoms with Crippen molar-refractivity contribution in [2.24, 2.45) is 5.92 Å². The van der Waals surface area contributed by atoms with Crippen molar-refractivity contribution in [3.05, 3.63) is 23.8 Å². The first kappa shape index (κ1) is 23.7. The maximum atomic E-state index is 11.4. The summed E-state index contributed by atoms with van der Waals surface area (Å²) in [5, 5.41) is 2.83. The summed E-state index contributed by atoms with van der Waals surface area (Å²) in [7, 11) is -2.09. The van der Waals surface area contributed by atoms with Crippen LogP contribution in [0, 0.1) is 5.92 Å². The molecule has 1 unspecified atom stereocenters. The summed E-state index contributed by atoms with van der Waals surface area (Å²) >= 11 is 0. The predicted molar refractivity (Wildman–Crippen MR) is 104 cm³/mol. The minimum absolute atomic E-state index is 0.0243. The number of rotatable bonds is 7. The number of hydrogen-bond donors (Lipinski definition) is 1. The van der Waals surface area contributed by atoms with Gasteiger partial charge in [-0.15, -0.1) is 0 Å². The maximum absolute atomic E-state index is 11.4. The molecule has 1 N–H and O–H groups in total. The fourth-order valence-electron chi connectivity index (χ4n) is 2.14. The first-order valence-electron chi connectivity index (χ1n) is 8.13. The van der Waals surface area contributed by atoms with Crippen LogP contribution in [0.15, 0.2) is 18.2 Å². The van der Waals surface area contributed by atoms with Gasteiger partial charge in [0.1, 0.15) is 5.75 Å². The lowest BCUT2D eigenvalue weighted by Gasteiger charge is -2.18. The van der Waals surface area contributed by atoms with Gasteiger partial charge < -0.3 is 10.1 Å². The highest BCUT2D eigenvalue weighted by atomic mass is 35.7. The number of anilines is 1. The Hall–Kier alpha value is -1.36. The third-order valence-electron chi connectivity index (χ3n) is 3.42. The summed E-state index contributed by atoms with van der Waals surface area (Å²) in [5.74, 6) is 0.792. The van der Waals surface area contributed by atoms with E-state index >= 15 is 0 Å². The monoisotopic (exact) mass is 441 g/mol. The number of carbonyl (C=O) groups excluding carboxylic acids is 1. The van der Waals surface area contributed by atoms with Gasteiger partial charge in [-0.25, -0.2) is 8.42 Å². The molecule has 11 heteroatoms. The quantitative estimate of drug-likeness (QED) is 0.508. The summed E-state index contributed by atoms with van der Waals surface area (Å²) in [6.45, 7) is 2.52. The lowest BCUT2D eigenvalue weighted by atomic mass is 10.0. The largest absolute Gasteiger partial charge is 0.494 e. The first-order chi connectivity index (χ1) is 12.3. The lowest BCUT2D eigenvalue weighted by molar-refractivity contribution is -0.116. The molecule has 27 heavy (non-hydrogen) atoms. The van der Waals surface area contributed by atoms with Crippen LogP contribution in [-0.2, 0) is 34.6 Å². The van der Waals surface area contributed by atoms with E-state index in [0.29, 0.717) is 25.2 Å². The number of amides is 1. The van der Waals surface area contributed by atoms with E-state index < -0.39 is 19.2 Å². The maximum Gasteiger partial charge on any atom is 0.264 e. The summed E-state index contributed by atoms with van der Waals surface area (Å²) in [6, 6.07) is 5.67. The Labute approximate surface area is 164 Å². The zero-order valence-corrected chi connectivity index (χ0v) is 17.8. The van der Waals surface area contributed by atoms with E-state index in [1.807, 2.05) is 25.1 Å². The normalized spacial score (nSPS) is 15.0. The van der Waals surface area contributed by atoms with Crippen LogP contribution in [0.1, 0.15) is 25.3 Å². The second kappa shape index (κ2) is 10.3. The molecule has 1 aliphatic rings. The fraction of sp³-hybridized carbons (Fsp3) is 0.562. The summed E-state index contributed by atoms with van der Waals surface area (Å²) < 4.78 is 51.0. The predicted octanol–water partition coefficient (Wildman–Crippen LogP) is 2.14. The third kappa shape index (κ3) is 11.9. The molecule has 1 heterocycles. The van der Waals surface area contributed by atoms with Crippen LogP contribution in [0.4, 0.5) is 5.69 Å². The van der Waals surface area contributed by atoms with Crippen molar-refractivity contribution in [1.82, 2.24) is 0 Å². The van der Waals surface area contributed by atoms with Gasteiger partial charge in [0.25, 0.3) is 10.1 Å². The Kier molecular flexibility index (Phi) is 9.00. The fourth-order valence-corrected chi connectivity index (χ4v) is 2.62. The van der Waals surface area contributed by atoms with Gasteiger partial charge in [-0.1, -0.05) is 13.0 Å². The SMILES string of the molecule is CC(CCOc1ccc2c(c1)NC(=O)CC2)COS(C)(=O)=O.CS(=O)(=O)Cl. The van der Waals surface area contributed by atoms with Gasteiger partial charge in [0.2, 0.25) is 15.0 Å². The van der Waals surface area contributed by atoms with Crippen molar-refractivity contribution >= 4 is 41.4 Å². The number of ether oxygens (including phenoxy) is 1. The average molecular weight is 442 g/mol. The zero-order chi connectivity index (χ0) is 20.7. The second-order valence-electron chi connectivity index (χ2n) is 6.28.